The molecule has 1 atom stereocenters. The molecule has 2 aromatic heterocycles. The summed E-state index contributed by atoms with van der Waals surface area (Å²) in [4.78, 5) is 44.5. The number of carbonyl (C=O) groups is 2. The first-order valence-corrected chi connectivity index (χ1v) is 12.6. The Bertz CT molecular complexity index is 1190. The van der Waals surface area contributed by atoms with Gasteiger partial charge in [0.2, 0.25) is 5.91 Å². The Morgan fingerprint density at radius 2 is 2.06 bits per heavy atom. The van der Waals surface area contributed by atoms with E-state index in [0.717, 1.165) is 12.8 Å². The molecule has 1 aliphatic rings. The normalized spacial score (nSPS) is 16.3. The monoisotopic (exact) mass is 491 g/mol. The Labute approximate surface area is 198 Å². The smallest absolute Gasteiger partial charge is 0.310 e. The van der Waals surface area contributed by atoms with Gasteiger partial charge in [0.05, 0.1) is 29.5 Å². The highest BCUT2D eigenvalue weighted by Crippen LogP contribution is 2.25. The molecule has 0 spiro atoms. The van der Waals surface area contributed by atoms with Crippen LogP contribution in [0.4, 0.5) is 0 Å². The van der Waals surface area contributed by atoms with E-state index >= 15 is 0 Å². The zero-order valence-electron chi connectivity index (χ0n) is 17.5. The van der Waals surface area contributed by atoms with Crippen molar-refractivity contribution in [3.63, 3.8) is 0 Å². The summed E-state index contributed by atoms with van der Waals surface area (Å²) in [6.45, 7) is 3.07. The van der Waals surface area contributed by atoms with Crippen LogP contribution in [0, 0.1) is 5.92 Å². The van der Waals surface area contributed by atoms with Crippen LogP contribution in [0.2, 0.25) is 5.02 Å². The molecule has 3 aromatic rings. The van der Waals surface area contributed by atoms with Crippen molar-refractivity contribution in [2.45, 2.75) is 24.9 Å². The van der Waals surface area contributed by atoms with E-state index in [-0.39, 0.29) is 29.1 Å². The number of piperidine rings is 1. The van der Waals surface area contributed by atoms with Gasteiger partial charge >= 0.3 is 5.97 Å². The lowest BCUT2D eigenvalue weighted by Gasteiger charge is -2.31. The van der Waals surface area contributed by atoms with Crippen molar-refractivity contribution < 1.29 is 14.3 Å². The summed E-state index contributed by atoms with van der Waals surface area (Å²) in [5, 5.41) is 2.84. The molecule has 1 aromatic carbocycles. The van der Waals surface area contributed by atoms with Crippen molar-refractivity contribution in [3.8, 4) is 5.69 Å². The molecule has 10 heteroatoms. The Balaban J connectivity index is 1.56. The van der Waals surface area contributed by atoms with Crippen LogP contribution >= 0.6 is 34.7 Å². The van der Waals surface area contributed by atoms with Gasteiger partial charge in [0, 0.05) is 18.1 Å². The van der Waals surface area contributed by atoms with Gasteiger partial charge in [-0.25, -0.2) is 4.98 Å². The van der Waals surface area contributed by atoms with Crippen LogP contribution in [0.15, 0.2) is 45.7 Å². The van der Waals surface area contributed by atoms with Crippen molar-refractivity contribution in [2.24, 2.45) is 5.92 Å². The number of likely N-dealkylation sites (tertiary alicyclic amines) is 1. The van der Waals surface area contributed by atoms with Crippen LogP contribution in [0.5, 0.6) is 0 Å². The molecule has 0 saturated carbocycles. The minimum Gasteiger partial charge on any atom is -0.466 e. The van der Waals surface area contributed by atoms with Crippen molar-refractivity contribution in [1.29, 1.82) is 0 Å². The Morgan fingerprint density at radius 1 is 1.28 bits per heavy atom. The maximum Gasteiger partial charge on any atom is 0.310 e. The molecular formula is C22H22ClN3O4S2. The third kappa shape index (κ3) is 4.84. The molecule has 1 aliphatic heterocycles. The van der Waals surface area contributed by atoms with Gasteiger partial charge in [-0.3, -0.25) is 19.0 Å². The number of esters is 1. The van der Waals surface area contributed by atoms with Crippen molar-refractivity contribution in [1.82, 2.24) is 14.5 Å². The molecule has 1 amide bonds. The lowest BCUT2D eigenvalue weighted by molar-refractivity contribution is -0.151. The summed E-state index contributed by atoms with van der Waals surface area (Å²) >= 11 is 8.56. The van der Waals surface area contributed by atoms with Crippen LogP contribution in [0.25, 0.3) is 15.9 Å². The number of aromatic nitrogens is 2. The van der Waals surface area contributed by atoms with Crippen LogP contribution in [-0.2, 0) is 14.3 Å². The van der Waals surface area contributed by atoms with Crippen LogP contribution in [0.3, 0.4) is 0 Å². The molecule has 32 heavy (non-hydrogen) atoms. The quantitative estimate of drug-likeness (QED) is 0.294. The molecule has 7 nitrogen and oxygen atoms in total. The minimum absolute atomic E-state index is 0.0914. The highest BCUT2D eigenvalue weighted by Gasteiger charge is 2.29. The molecule has 0 N–H and O–H groups in total. The topological polar surface area (TPSA) is 81.5 Å². The SMILES string of the molecule is CCOC(=O)[C@@H]1CCCN(C(=O)CSc2nc3ccsc3c(=O)n2-c2ccc(Cl)cc2)C1. The number of hydrogen-bond acceptors (Lipinski definition) is 7. The molecule has 0 bridgehead atoms. The van der Waals surface area contributed by atoms with Crippen molar-refractivity contribution in [2.75, 3.05) is 25.4 Å². The third-order valence-corrected chi connectivity index (χ3v) is 7.32. The highest BCUT2D eigenvalue weighted by molar-refractivity contribution is 7.99. The maximum absolute atomic E-state index is 13.2. The number of ether oxygens (including phenoxy) is 1. The van der Waals surface area contributed by atoms with Gasteiger partial charge < -0.3 is 9.64 Å². The Kier molecular flexibility index (Phi) is 7.17. The van der Waals surface area contributed by atoms with Gasteiger partial charge in [0.1, 0.15) is 4.70 Å². The average molecular weight is 492 g/mol. The van der Waals surface area contributed by atoms with E-state index in [0.29, 0.717) is 45.8 Å². The summed E-state index contributed by atoms with van der Waals surface area (Å²) in [6, 6.07) is 8.74. The fraction of sp³-hybridized carbons (Fsp3) is 0.364. The number of amides is 1. The third-order valence-electron chi connectivity index (χ3n) is 5.25. The predicted octanol–water partition coefficient (Wildman–Crippen LogP) is 3.99. The van der Waals surface area contributed by atoms with Gasteiger partial charge in [0.25, 0.3) is 5.56 Å². The van der Waals surface area contributed by atoms with E-state index in [4.69, 9.17) is 16.3 Å². The molecule has 0 radical (unpaired) electrons. The van der Waals surface area contributed by atoms with E-state index in [1.165, 1.54) is 27.7 Å². The Hall–Kier alpha value is -2.36. The van der Waals surface area contributed by atoms with Crippen LogP contribution in [-0.4, -0.2) is 51.8 Å². The molecular weight excluding hydrogens is 470 g/mol. The highest BCUT2D eigenvalue weighted by atomic mass is 35.5. The summed E-state index contributed by atoms with van der Waals surface area (Å²) in [7, 11) is 0. The second-order valence-corrected chi connectivity index (χ2v) is 9.66. The number of rotatable bonds is 6. The second kappa shape index (κ2) is 10.1. The van der Waals surface area contributed by atoms with Crippen molar-refractivity contribution in [3.05, 3.63) is 51.1 Å². The first kappa shape index (κ1) is 22.8. The van der Waals surface area contributed by atoms with E-state index < -0.39 is 0 Å². The van der Waals surface area contributed by atoms with Gasteiger partial charge in [0.15, 0.2) is 5.16 Å². The number of benzene rings is 1. The first-order chi connectivity index (χ1) is 15.5. The summed E-state index contributed by atoms with van der Waals surface area (Å²) in [6.07, 6.45) is 1.48. The fourth-order valence-corrected chi connectivity index (χ4v) is 5.48. The van der Waals surface area contributed by atoms with Crippen molar-refractivity contribution >= 4 is 56.8 Å². The van der Waals surface area contributed by atoms with E-state index in [2.05, 4.69) is 4.98 Å². The standard InChI is InChI=1S/C22H22ClN3O4S2/c1-2-30-21(29)14-4-3-10-25(12-14)18(27)13-32-22-24-17-9-11-31-19(17)20(28)26(22)16-7-5-15(23)6-8-16/h5-9,11,14H,2-4,10,12-13H2,1H3/t14-/m1/s1. The molecule has 3 heterocycles. The zero-order valence-corrected chi connectivity index (χ0v) is 19.8. The molecule has 0 aliphatic carbocycles. The number of carbonyl (C=O) groups excluding carboxylic acids is 2. The zero-order chi connectivity index (χ0) is 22.7. The van der Waals surface area contributed by atoms with Gasteiger partial charge in [-0.2, -0.15) is 0 Å². The lowest BCUT2D eigenvalue weighted by atomic mass is 9.98. The molecule has 168 valence electrons. The molecule has 1 fully saturated rings. The van der Waals surface area contributed by atoms with E-state index in [9.17, 15) is 14.4 Å². The van der Waals surface area contributed by atoms with Crippen LogP contribution in [0.1, 0.15) is 19.8 Å². The number of thioether (sulfide) groups is 1. The fourth-order valence-electron chi connectivity index (χ4n) is 3.68. The summed E-state index contributed by atoms with van der Waals surface area (Å²) in [5.74, 6) is -0.513. The Morgan fingerprint density at radius 3 is 2.81 bits per heavy atom. The average Bonchev–Trinajstić information content (AvgIpc) is 3.28. The molecule has 4 rings (SSSR count). The number of hydrogen-bond donors (Lipinski definition) is 0. The molecule has 0 unspecified atom stereocenters. The van der Waals surface area contributed by atoms with E-state index in [1.807, 2.05) is 5.38 Å². The summed E-state index contributed by atoms with van der Waals surface area (Å²) in [5.41, 5.74) is 1.07. The van der Waals surface area contributed by atoms with Gasteiger partial charge in [-0.05, 0) is 55.5 Å². The van der Waals surface area contributed by atoms with Crippen LogP contribution < -0.4 is 5.56 Å². The largest absolute Gasteiger partial charge is 0.466 e. The number of thiophene rings is 1. The number of halogens is 1. The maximum atomic E-state index is 13.2. The van der Waals surface area contributed by atoms with E-state index in [1.54, 1.807) is 42.2 Å². The first-order valence-electron chi connectivity index (χ1n) is 10.3. The lowest BCUT2D eigenvalue weighted by Crippen LogP contribution is -2.43. The van der Waals surface area contributed by atoms with Gasteiger partial charge in [-0.15, -0.1) is 11.3 Å². The summed E-state index contributed by atoms with van der Waals surface area (Å²) < 4.78 is 7.20. The van der Waals surface area contributed by atoms with Gasteiger partial charge in [-0.1, -0.05) is 23.4 Å². The number of nitrogens with zero attached hydrogens (tertiary/aromatic N) is 3. The number of fused-ring (bicyclic) bond motifs is 1. The molecule has 1 saturated heterocycles. The predicted molar refractivity (Wildman–Crippen MR) is 127 cm³/mol. The second-order valence-electron chi connectivity index (χ2n) is 7.37. The minimum atomic E-state index is -0.287.